The summed E-state index contributed by atoms with van der Waals surface area (Å²) in [7, 11) is 0. The molecular weight excluding hydrogens is 240 g/mol. The molecule has 102 valence electrons. The molecule has 0 aliphatic rings. The van der Waals surface area contributed by atoms with Crippen LogP contribution in [0.4, 0.5) is 0 Å². The molecule has 0 fully saturated rings. The van der Waals surface area contributed by atoms with Crippen molar-refractivity contribution in [3.8, 4) is 5.75 Å². The molecule has 1 rings (SSSR count). The minimum atomic E-state index is 0.131. The predicted octanol–water partition coefficient (Wildman–Crippen LogP) is 4.77. The van der Waals surface area contributed by atoms with Gasteiger partial charge in [0.2, 0.25) is 0 Å². The van der Waals surface area contributed by atoms with Crippen LogP contribution in [0.15, 0.2) is 18.2 Å². The molecule has 0 unspecified atom stereocenters. The van der Waals surface area contributed by atoms with Crippen LogP contribution in [0, 0.1) is 6.92 Å². The van der Waals surface area contributed by atoms with E-state index < -0.39 is 0 Å². The van der Waals surface area contributed by atoms with Crippen LogP contribution in [0.5, 0.6) is 5.75 Å². The molecule has 0 amide bonds. The number of hydrogen-bond acceptors (Lipinski definition) is 2. The van der Waals surface area contributed by atoms with E-state index in [1.807, 2.05) is 0 Å². The topological polar surface area (TPSA) is 9.23 Å². The Bertz CT molecular complexity index is 366. The van der Waals surface area contributed by atoms with Gasteiger partial charge >= 0.3 is 0 Å². The maximum atomic E-state index is 5.94. The monoisotopic (exact) mass is 266 g/mol. The zero-order valence-corrected chi connectivity index (χ0v) is 13.0. The normalized spacial score (nSPS) is 11.6. The molecule has 0 atom stereocenters. The van der Waals surface area contributed by atoms with Crippen LogP contribution < -0.4 is 4.74 Å². The van der Waals surface area contributed by atoms with Gasteiger partial charge in [-0.1, -0.05) is 38.5 Å². The number of hydrogen-bond donors (Lipinski definition) is 1. The van der Waals surface area contributed by atoms with Crippen molar-refractivity contribution in [2.24, 2.45) is 0 Å². The summed E-state index contributed by atoms with van der Waals surface area (Å²) in [6, 6.07) is 6.47. The fourth-order valence-electron chi connectivity index (χ4n) is 1.93. The van der Waals surface area contributed by atoms with Crippen LogP contribution in [0.1, 0.15) is 51.2 Å². The highest BCUT2D eigenvalue weighted by Crippen LogP contribution is 2.32. The molecule has 0 N–H and O–H groups in total. The first kappa shape index (κ1) is 15.4. The summed E-state index contributed by atoms with van der Waals surface area (Å²) in [5.74, 6) is 2.01. The highest BCUT2D eigenvalue weighted by atomic mass is 32.1. The Labute approximate surface area is 117 Å². The third-order valence-corrected chi connectivity index (χ3v) is 3.32. The Kier molecular flexibility index (Phi) is 6.07. The van der Waals surface area contributed by atoms with Crippen LogP contribution >= 0.6 is 12.6 Å². The maximum Gasteiger partial charge on any atom is 0.123 e. The first-order valence-corrected chi connectivity index (χ1v) is 7.43. The lowest BCUT2D eigenvalue weighted by Gasteiger charge is -2.23. The van der Waals surface area contributed by atoms with Crippen molar-refractivity contribution in [1.82, 2.24) is 0 Å². The van der Waals surface area contributed by atoms with Crippen LogP contribution in [-0.2, 0) is 5.41 Å². The molecule has 0 saturated heterocycles. The number of ether oxygens (including phenoxy) is 1. The SMILES string of the molecule is Cc1ccc(OCCCCCS)c(C(C)(C)C)c1. The summed E-state index contributed by atoms with van der Waals surface area (Å²) < 4.78 is 5.94. The summed E-state index contributed by atoms with van der Waals surface area (Å²) in [5, 5.41) is 0. The van der Waals surface area contributed by atoms with E-state index in [4.69, 9.17) is 4.74 Å². The van der Waals surface area contributed by atoms with E-state index in [-0.39, 0.29) is 5.41 Å². The number of unbranched alkanes of at least 4 members (excludes halogenated alkanes) is 2. The third-order valence-electron chi connectivity index (χ3n) is 3.00. The van der Waals surface area contributed by atoms with Gasteiger partial charge in [0, 0.05) is 0 Å². The lowest BCUT2D eigenvalue weighted by atomic mass is 9.85. The van der Waals surface area contributed by atoms with E-state index in [0.717, 1.165) is 24.5 Å². The Hall–Kier alpha value is -0.630. The van der Waals surface area contributed by atoms with Gasteiger partial charge < -0.3 is 4.74 Å². The summed E-state index contributed by atoms with van der Waals surface area (Å²) in [5.41, 5.74) is 2.73. The van der Waals surface area contributed by atoms with Gasteiger partial charge in [0.25, 0.3) is 0 Å². The van der Waals surface area contributed by atoms with Gasteiger partial charge in [-0.2, -0.15) is 12.6 Å². The van der Waals surface area contributed by atoms with E-state index in [2.05, 4.69) is 58.5 Å². The zero-order chi connectivity index (χ0) is 13.6. The van der Waals surface area contributed by atoms with Gasteiger partial charge in [0.1, 0.15) is 5.75 Å². The smallest absolute Gasteiger partial charge is 0.123 e. The van der Waals surface area contributed by atoms with E-state index in [9.17, 15) is 0 Å². The van der Waals surface area contributed by atoms with E-state index in [1.165, 1.54) is 24.0 Å². The maximum absolute atomic E-state index is 5.94. The largest absolute Gasteiger partial charge is 0.493 e. The van der Waals surface area contributed by atoms with Gasteiger partial charge in [0.05, 0.1) is 6.61 Å². The average molecular weight is 266 g/mol. The average Bonchev–Trinajstić information content (AvgIpc) is 2.29. The van der Waals surface area contributed by atoms with Gasteiger partial charge in [0.15, 0.2) is 0 Å². The first-order chi connectivity index (χ1) is 8.45. The van der Waals surface area contributed by atoms with Crippen LogP contribution in [0.3, 0.4) is 0 Å². The van der Waals surface area contributed by atoms with Crippen molar-refractivity contribution in [3.05, 3.63) is 29.3 Å². The summed E-state index contributed by atoms with van der Waals surface area (Å²) >= 11 is 4.22. The molecule has 1 aromatic rings. The first-order valence-electron chi connectivity index (χ1n) is 6.80. The second kappa shape index (κ2) is 7.08. The quantitative estimate of drug-likeness (QED) is 0.576. The van der Waals surface area contributed by atoms with Crippen LogP contribution in [0.25, 0.3) is 0 Å². The molecule has 0 heterocycles. The molecule has 0 bridgehead atoms. The molecule has 0 saturated carbocycles. The van der Waals surface area contributed by atoms with Crippen molar-refractivity contribution in [2.45, 2.75) is 52.4 Å². The number of aryl methyl sites for hydroxylation is 1. The van der Waals surface area contributed by atoms with Gasteiger partial charge in [-0.05, 0) is 49.0 Å². The van der Waals surface area contributed by atoms with E-state index in [0.29, 0.717) is 0 Å². The lowest BCUT2D eigenvalue weighted by molar-refractivity contribution is 0.298. The molecule has 0 aliphatic carbocycles. The number of thiol groups is 1. The second-order valence-corrected chi connectivity index (χ2v) is 6.33. The Morgan fingerprint density at radius 2 is 1.83 bits per heavy atom. The Balaban J connectivity index is 2.65. The third kappa shape index (κ3) is 4.93. The van der Waals surface area contributed by atoms with E-state index in [1.54, 1.807) is 0 Å². The molecule has 1 nitrogen and oxygen atoms in total. The molecule has 2 heteroatoms. The van der Waals surface area contributed by atoms with Crippen LogP contribution in [0.2, 0.25) is 0 Å². The molecule has 0 aromatic heterocycles. The Morgan fingerprint density at radius 1 is 1.11 bits per heavy atom. The second-order valence-electron chi connectivity index (χ2n) is 5.88. The Morgan fingerprint density at radius 3 is 2.44 bits per heavy atom. The number of benzene rings is 1. The van der Waals surface area contributed by atoms with Gasteiger partial charge in [-0.25, -0.2) is 0 Å². The molecule has 0 spiro atoms. The van der Waals surface area contributed by atoms with Gasteiger partial charge in [-0.3, -0.25) is 0 Å². The predicted molar refractivity (Wildman–Crippen MR) is 83.1 cm³/mol. The van der Waals surface area contributed by atoms with Crippen LogP contribution in [-0.4, -0.2) is 12.4 Å². The van der Waals surface area contributed by atoms with Crippen molar-refractivity contribution in [1.29, 1.82) is 0 Å². The highest BCUT2D eigenvalue weighted by molar-refractivity contribution is 7.80. The molecule has 18 heavy (non-hydrogen) atoms. The minimum Gasteiger partial charge on any atom is -0.493 e. The molecule has 0 aliphatic heterocycles. The van der Waals surface area contributed by atoms with Crippen molar-refractivity contribution < 1.29 is 4.74 Å². The summed E-state index contributed by atoms with van der Waals surface area (Å²) in [4.78, 5) is 0. The molecular formula is C16H26OS. The summed E-state index contributed by atoms with van der Waals surface area (Å²) in [6.45, 7) is 9.63. The fraction of sp³-hybridized carbons (Fsp3) is 0.625. The van der Waals surface area contributed by atoms with Crippen molar-refractivity contribution in [3.63, 3.8) is 0 Å². The highest BCUT2D eigenvalue weighted by Gasteiger charge is 2.18. The standard InChI is InChI=1S/C16H26OS/c1-13-8-9-15(14(12-13)16(2,3)4)17-10-6-5-7-11-18/h8-9,12,18H,5-7,10-11H2,1-4H3. The van der Waals surface area contributed by atoms with Crippen molar-refractivity contribution >= 4 is 12.6 Å². The lowest BCUT2D eigenvalue weighted by Crippen LogP contribution is -2.14. The van der Waals surface area contributed by atoms with Gasteiger partial charge in [-0.15, -0.1) is 0 Å². The molecule has 1 aromatic carbocycles. The summed E-state index contributed by atoms with van der Waals surface area (Å²) in [6.07, 6.45) is 3.48. The van der Waals surface area contributed by atoms with E-state index >= 15 is 0 Å². The van der Waals surface area contributed by atoms with Crippen molar-refractivity contribution in [2.75, 3.05) is 12.4 Å². The molecule has 0 radical (unpaired) electrons. The fourth-order valence-corrected chi connectivity index (χ4v) is 2.15. The number of rotatable bonds is 6. The zero-order valence-electron chi connectivity index (χ0n) is 12.1. The minimum absolute atomic E-state index is 0.131.